The normalized spacial score (nSPS) is 34.0. The van der Waals surface area contributed by atoms with Gasteiger partial charge >= 0.3 is 0 Å². The maximum absolute atomic E-state index is 5.42. The molecule has 1 aliphatic carbocycles. The van der Waals surface area contributed by atoms with Gasteiger partial charge in [-0.3, -0.25) is 0 Å². The van der Waals surface area contributed by atoms with E-state index < -0.39 is 0 Å². The largest absolute Gasteiger partial charge is 0.379 e. The Morgan fingerprint density at radius 3 is 2.87 bits per heavy atom. The molecule has 0 bridgehead atoms. The second-order valence-corrected chi connectivity index (χ2v) is 5.61. The molecule has 2 rings (SSSR count). The summed E-state index contributed by atoms with van der Waals surface area (Å²) in [6, 6.07) is 0.568. The van der Waals surface area contributed by atoms with Crippen molar-refractivity contribution in [2.24, 2.45) is 11.3 Å². The van der Waals surface area contributed by atoms with Crippen molar-refractivity contribution in [2.75, 3.05) is 32.8 Å². The van der Waals surface area contributed by atoms with Crippen molar-refractivity contribution in [3.8, 4) is 0 Å². The number of nitrogens with one attached hydrogen (secondary N) is 2. The van der Waals surface area contributed by atoms with Crippen LogP contribution in [0.15, 0.2) is 0 Å². The van der Waals surface area contributed by atoms with E-state index in [4.69, 9.17) is 4.74 Å². The van der Waals surface area contributed by atoms with Gasteiger partial charge in [-0.25, -0.2) is 0 Å². The molecule has 2 aliphatic rings. The zero-order valence-electron chi connectivity index (χ0n) is 10.0. The zero-order valence-corrected chi connectivity index (χ0v) is 10.0. The summed E-state index contributed by atoms with van der Waals surface area (Å²) in [5.41, 5.74) is 0.610. The Bertz CT molecular complexity index is 200. The minimum atomic E-state index is 0.568. The summed E-state index contributed by atoms with van der Waals surface area (Å²) in [6.07, 6.45) is 2.58. The third-order valence-electron chi connectivity index (χ3n) is 3.78. The van der Waals surface area contributed by atoms with Gasteiger partial charge in [-0.05, 0) is 37.3 Å². The molecule has 1 heterocycles. The second-order valence-electron chi connectivity index (χ2n) is 5.61. The average Bonchev–Trinajstić information content (AvgIpc) is 2.83. The zero-order chi connectivity index (χ0) is 10.7. The van der Waals surface area contributed by atoms with E-state index in [9.17, 15) is 0 Å². The summed E-state index contributed by atoms with van der Waals surface area (Å²) in [4.78, 5) is 0. The molecule has 2 atom stereocenters. The van der Waals surface area contributed by atoms with E-state index in [1.54, 1.807) is 0 Å². The molecule has 1 saturated heterocycles. The lowest BCUT2D eigenvalue weighted by Crippen LogP contribution is -2.42. The van der Waals surface area contributed by atoms with Crippen molar-refractivity contribution in [3.63, 3.8) is 0 Å². The van der Waals surface area contributed by atoms with Crippen LogP contribution in [0.5, 0.6) is 0 Å². The molecule has 0 amide bonds. The molecule has 1 aliphatic heterocycles. The van der Waals surface area contributed by atoms with Crippen LogP contribution >= 0.6 is 0 Å². The third-order valence-corrected chi connectivity index (χ3v) is 3.78. The van der Waals surface area contributed by atoms with Crippen LogP contribution in [0.1, 0.15) is 26.7 Å². The molecule has 0 radical (unpaired) electrons. The number of rotatable bonds is 5. The van der Waals surface area contributed by atoms with Crippen LogP contribution in [0.25, 0.3) is 0 Å². The van der Waals surface area contributed by atoms with Gasteiger partial charge in [0.15, 0.2) is 0 Å². The Labute approximate surface area is 93.0 Å². The standard InChI is InChI=1S/C12H24N2O/c1-12(2)7-10(12)8-13-4-3-11-9-15-6-5-14-11/h10-11,13-14H,3-9H2,1-2H3. The van der Waals surface area contributed by atoms with Gasteiger partial charge in [-0.15, -0.1) is 0 Å². The molecule has 0 aromatic rings. The Morgan fingerprint density at radius 1 is 1.47 bits per heavy atom. The Morgan fingerprint density at radius 2 is 2.27 bits per heavy atom. The Kier molecular flexibility index (Phi) is 3.65. The number of hydrogen-bond acceptors (Lipinski definition) is 3. The fourth-order valence-corrected chi connectivity index (χ4v) is 2.28. The first-order valence-corrected chi connectivity index (χ1v) is 6.20. The first-order valence-electron chi connectivity index (χ1n) is 6.20. The lowest BCUT2D eigenvalue weighted by molar-refractivity contribution is 0.0742. The summed E-state index contributed by atoms with van der Waals surface area (Å²) < 4.78 is 5.42. The summed E-state index contributed by atoms with van der Waals surface area (Å²) in [7, 11) is 0. The maximum atomic E-state index is 5.42. The topological polar surface area (TPSA) is 33.3 Å². The molecule has 1 saturated carbocycles. The van der Waals surface area contributed by atoms with Crippen molar-refractivity contribution in [2.45, 2.75) is 32.7 Å². The Hall–Kier alpha value is -0.120. The van der Waals surface area contributed by atoms with Crippen molar-refractivity contribution >= 4 is 0 Å². The van der Waals surface area contributed by atoms with Gasteiger partial charge in [0.1, 0.15) is 0 Å². The molecule has 15 heavy (non-hydrogen) atoms. The number of morpholine rings is 1. The van der Waals surface area contributed by atoms with Crippen LogP contribution < -0.4 is 10.6 Å². The van der Waals surface area contributed by atoms with Crippen LogP contribution in [0, 0.1) is 11.3 Å². The Balaban J connectivity index is 1.48. The van der Waals surface area contributed by atoms with Crippen LogP contribution in [0.2, 0.25) is 0 Å². The van der Waals surface area contributed by atoms with E-state index >= 15 is 0 Å². The van der Waals surface area contributed by atoms with Crippen LogP contribution in [0.4, 0.5) is 0 Å². The van der Waals surface area contributed by atoms with E-state index in [2.05, 4.69) is 24.5 Å². The van der Waals surface area contributed by atoms with Crippen LogP contribution in [-0.2, 0) is 4.74 Å². The summed E-state index contributed by atoms with van der Waals surface area (Å²) in [6.45, 7) is 9.80. The molecule has 2 fully saturated rings. The molecule has 3 heteroatoms. The highest BCUT2D eigenvalue weighted by molar-refractivity contribution is 4.96. The number of hydrogen-bond donors (Lipinski definition) is 2. The molecule has 0 aromatic heterocycles. The van der Waals surface area contributed by atoms with E-state index in [1.165, 1.54) is 19.4 Å². The quantitative estimate of drug-likeness (QED) is 0.667. The lowest BCUT2D eigenvalue weighted by Gasteiger charge is -2.23. The smallest absolute Gasteiger partial charge is 0.0620 e. The first kappa shape index (κ1) is 11.4. The van der Waals surface area contributed by atoms with E-state index in [0.29, 0.717) is 11.5 Å². The van der Waals surface area contributed by atoms with Crippen molar-refractivity contribution in [1.82, 2.24) is 10.6 Å². The predicted molar refractivity (Wildman–Crippen MR) is 62.0 cm³/mol. The average molecular weight is 212 g/mol. The summed E-state index contributed by atoms with van der Waals surface area (Å²) in [5.74, 6) is 0.910. The highest BCUT2D eigenvalue weighted by Gasteiger charge is 2.44. The number of ether oxygens (including phenoxy) is 1. The molecule has 88 valence electrons. The van der Waals surface area contributed by atoms with Gasteiger partial charge in [0.25, 0.3) is 0 Å². The van der Waals surface area contributed by atoms with Gasteiger partial charge in [0, 0.05) is 12.6 Å². The fraction of sp³-hybridized carbons (Fsp3) is 1.00. The predicted octanol–water partition coefficient (Wildman–Crippen LogP) is 1.00. The third kappa shape index (κ3) is 3.44. The van der Waals surface area contributed by atoms with Gasteiger partial charge < -0.3 is 15.4 Å². The highest BCUT2D eigenvalue weighted by Crippen LogP contribution is 2.50. The molecule has 0 aromatic carbocycles. The van der Waals surface area contributed by atoms with E-state index in [1.807, 2.05) is 0 Å². The van der Waals surface area contributed by atoms with Crippen molar-refractivity contribution < 1.29 is 4.74 Å². The first-order chi connectivity index (χ1) is 7.18. The minimum Gasteiger partial charge on any atom is -0.379 e. The molecule has 3 nitrogen and oxygen atoms in total. The minimum absolute atomic E-state index is 0.568. The lowest BCUT2D eigenvalue weighted by atomic mass is 10.1. The van der Waals surface area contributed by atoms with Gasteiger partial charge in [0.2, 0.25) is 0 Å². The fourth-order valence-electron chi connectivity index (χ4n) is 2.28. The molecule has 2 N–H and O–H groups in total. The molecular formula is C12H24N2O. The highest BCUT2D eigenvalue weighted by atomic mass is 16.5. The second kappa shape index (κ2) is 4.81. The monoisotopic (exact) mass is 212 g/mol. The maximum Gasteiger partial charge on any atom is 0.0620 e. The molecule has 2 unspecified atom stereocenters. The SMILES string of the molecule is CC1(C)CC1CNCCC1COCCN1. The van der Waals surface area contributed by atoms with Gasteiger partial charge in [-0.1, -0.05) is 13.8 Å². The van der Waals surface area contributed by atoms with E-state index in [-0.39, 0.29) is 0 Å². The van der Waals surface area contributed by atoms with Crippen molar-refractivity contribution in [3.05, 3.63) is 0 Å². The van der Waals surface area contributed by atoms with Gasteiger partial charge in [0.05, 0.1) is 13.2 Å². The molecule has 0 spiro atoms. The molecular weight excluding hydrogens is 188 g/mol. The van der Waals surface area contributed by atoms with Crippen LogP contribution in [0.3, 0.4) is 0 Å². The van der Waals surface area contributed by atoms with Crippen molar-refractivity contribution in [1.29, 1.82) is 0 Å². The summed E-state index contributed by atoms with van der Waals surface area (Å²) >= 11 is 0. The van der Waals surface area contributed by atoms with Crippen LogP contribution in [-0.4, -0.2) is 38.9 Å². The summed E-state index contributed by atoms with van der Waals surface area (Å²) in [5, 5.41) is 7.03. The van der Waals surface area contributed by atoms with Gasteiger partial charge in [-0.2, -0.15) is 0 Å². The van der Waals surface area contributed by atoms with E-state index in [0.717, 1.165) is 32.2 Å².